The van der Waals surface area contributed by atoms with Gasteiger partial charge < -0.3 is 21.1 Å². The second-order valence-corrected chi connectivity index (χ2v) is 8.14. The lowest BCUT2D eigenvalue weighted by molar-refractivity contribution is -0.132. The number of nitrogens with two attached hydrogens (primary N) is 1. The Bertz CT molecular complexity index is 1010. The number of amides is 2. The monoisotopic (exact) mass is 438 g/mol. The molecule has 7 nitrogen and oxygen atoms in total. The van der Waals surface area contributed by atoms with Crippen LogP contribution in [0.1, 0.15) is 29.8 Å². The van der Waals surface area contributed by atoms with Gasteiger partial charge in [0.1, 0.15) is 0 Å². The van der Waals surface area contributed by atoms with E-state index in [0.29, 0.717) is 23.8 Å². The highest BCUT2D eigenvalue weighted by Crippen LogP contribution is 2.17. The number of aliphatic hydroxyl groups excluding tert-OH is 1. The predicted octanol–water partition coefficient (Wildman–Crippen LogP) is 3.03. The first-order valence-electron chi connectivity index (χ1n) is 9.98. The third-order valence-electron chi connectivity index (χ3n) is 4.78. The Kier molecular flexibility index (Phi) is 7.75. The summed E-state index contributed by atoms with van der Waals surface area (Å²) >= 11 is 1.30. The molecular formula is C23H26N4O3S. The molecule has 3 aromatic rings. The van der Waals surface area contributed by atoms with Crippen LogP contribution in [-0.4, -0.2) is 39.9 Å². The Morgan fingerprint density at radius 3 is 2.48 bits per heavy atom. The lowest BCUT2D eigenvalue weighted by atomic mass is 10.1. The highest BCUT2D eigenvalue weighted by atomic mass is 32.1. The van der Waals surface area contributed by atoms with Gasteiger partial charge in [0.2, 0.25) is 11.8 Å². The standard InChI is InChI=1S/C23H26N4O3S/c1-16(28)25-19-9-7-17(8-10-19)11-12-27(14-21(29)18-5-3-2-4-6-18)22(30)13-20-15-31-23(24)26-20/h2-10,15,21,29H,11-14H2,1H3,(H2,24,26)(H,25,28). The Balaban J connectivity index is 1.68. The van der Waals surface area contributed by atoms with E-state index in [1.54, 1.807) is 10.3 Å². The van der Waals surface area contributed by atoms with Gasteiger partial charge in [0, 0.05) is 24.5 Å². The average molecular weight is 439 g/mol. The molecule has 3 rings (SSSR count). The minimum Gasteiger partial charge on any atom is -0.387 e. The van der Waals surface area contributed by atoms with Gasteiger partial charge in [0.25, 0.3) is 0 Å². The van der Waals surface area contributed by atoms with Crippen molar-refractivity contribution < 1.29 is 14.7 Å². The van der Waals surface area contributed by atoms with Crippen LogP contribution in [0.5, 0.6) is 0 Å². The van der Waals surface area contributed by atoms with Gasteiger partial charge in [-0.05, 0) is 29.7 Å². The SMILES string of the molecule is CC(=O)Nc1ccc(CCN(CC(O)c2ccccc2)C(=O)Cc2csc(N)n2)cc1. The summed E-state index contributed by atoms with van der Waals surface area (Å²) in [4.78, 5) is 30.0. The van der Waals surface area contributed by atoms with Crippen molar-refractivity contribution in [3.63, 3.8) is 0 Å². The van der Waals surface area contributed by atoms with Crippen molar-refractivity contribution in [2.45, 2.75) is 25.9 Å². The summed E-state index contributed by atoms with van der Waals surface area (Å²) in [6, 6.07) is 16.8. The molecule has 8 heteroatoms. The van der Waals surface area contributed by atoms with Crippen LogP contribution in [0.25, 0.3) is 0 Å². The fraction of sp³-hybridized carbons (Fsp3) is 0.261. The topological polar surface area (TPSA) is 109 Å². The van der Waals surface area contributed by atoms with Crippen molar-refractivity contribution in [3.8, 4) is 0 Å². The van der Waals surface area contributed by atoms with Crippen molar-refractivity contribution in [2.24, 2.45) is 0 Å². The molecule has 0 saturated heterocycles. The molecule has 1 unspecified atom stereocenters. The summed E-state index contributed by atoms with van der Waals surface area (Å²) in [7, 11) is 0. The zero-order valence-electron chi connectivity index (χ0n) is 17.3. The summed E-state index contributed by atoms with van der Waals surface area (Å²) in [5.41, 5.74) is 8.83. The molecule has 0 aliphatic heterocycles. The molecule has 0 bridgehead atoms. The van der Waals surface area contributed by atoms with E-state index in [0.717, 1.165) is 16.8 Å². The molecule has 31 heavy (non-hydrogen) atoms. The number of carbonyl (C=O) groups is 2. The maximum absolute atomic E-state index is 13.0. The summed E-state index contributed by atoms with van der Waals surface area (Å²) < 4.78 is 0. The molecule has 0 saturated carbocycles. The maximum Gasteiger partial charge on any atom is 0.228 e. The number of aromatic nitrogens is 1. The first-order chi connectivity index (χ1) is 14.9. The molecule has 0 spiro atoms. The van der Waals surface area contributed by atoms with E-state index in [2.05, 4.69) is 10.3 Å². The number of benzene rings is 2. The van der Waals surface area contributed by atoms with Gasteiger partial charge in [-0.25, -0.2) is 4.98 Å². The molecule has 2 amide bonds. The number of hydrogen-bond donors (Lipinski definition) is 3. The number of rotatable bonds is 9. The molecular weight excluding hydrogens is 412 g/mol. The lowest BCUT2D eigenvalue weighted by Gasteiger charge is -2.25. The fourth-order valence-corrected chi connectivity index (χ4v) is 3.76. The Labute approximate surface area is 185 Å². The number of carbonyl (C=O) groups excluding carboxylic acids is 2. The van der Waals surface area contributed by atoms with Crippen molar-refractivity contribution in [2.75, 3.05) is 24.1 Å². The van der Waals surface area contributed by atoms with Crippen LogP contribution in [0, 0.1) is 0 Å². The zero-order valence-corrected chi connectivity index (χ0v) is 18.1. The highest BCUT2D eigenvalue weighted by molar-refractivity contribution is 7.13. The molecule has 1 heterocycles. The van der Waals surface area contributed by atoms with Gasteiger partial charge in [0.05, 0.1) is 24.8 Å². The third-order valence-corrected chi connectivity index (χ3v) is 5.50. The highest BCUT2D eigenvalue weighted by Gasteiger charge is 2.20. The second-order valence-electron chi connectivity index (χ2n) is 7.25. The minimum atomic E-state index is -0.784. The molecule has 0 fully saturated rings. The molecule has 1 atom stereocenters. The summed E-state index contributed by atoms with van der Waals surface area (Å²) in [5.74, 6) is -0.239. The molecule has 1 aromatic heterocycles. The van der Waals surface area contributed by atoms with E-state index < -0.39 is 6.10 Å². The van der Waals surface area contributed by atoms with Gasteiger partial charge >= 0.3 is 0 Å². The average Bonchev–Trinajstić information content (AvgIpc) is 3.16. The predicted molar refractivity (Wildman–Crippen MR) is 123 cm³/mol. The first kappa shape index (κ1) is 22.5. The molecule has 162 valence electrons. The number of hydrogen-bond acceptors (Lipinski definition) is 6. The quantitative estimate of drug-likeness (QED) is 0.476. The van der Waals surface area contributed by atoms with Crippen LogP contribution in [0.3, 0.4) is 0 Å². The number of nitrogens with one attached hydrogen (secondary N) is 1. The van der Waals surface area contributed by atoms with Crippen LogP contribution in [0.4, 0.5) is 10.8 Å². The van der Waals surface area contributed by atoms with Crippen LogP contribution < -0.4 is 11.1 Å². The fourth-order valence-electron chi connectivity index (χ4n) is 3.20. The smallest absolute Gasteiger partial charge is 0.228 e. The third kappa shape index (κ3) is 6.91. The number of anilines is 2. The Morgan fingerprint density at radius 2 is 1.87 bits per heavy atom. The number of aliphatic hydroxyl groups is 1. The van der Waals surface area contributed by atoms with E-state index in [-0.39, 0.29) is 24.8 Å². The maximum atomic E-state index is 13.0. The lowest BCUT2D eigenvalue weighted by Crippen LogP contribution is -2.37. The summed E-state index contributed by atoms with van der Waals surface area (Å²) in [6.45, 7) is 2.10. The summed E-state index contributed by atoms with van der Waals surface area (Å²) in [6.07, 6.45) is -0.0310. The van der Waals surface area contributed by atoms with E-state index in [1.807, 2.05) is 54.6 Å². The molecule has 0 aliphatic rings. The van der Waals surface area contributed by atoms with Gasteiger partial charge in [-0.2, -0.15) is 0 Å². The van der Waals surface area contributed by atoms with Gasteiger partial charge in [-0.15, -0.1) is 11.3 Å². The van der Waals surface area contributed by atoms with Gasteiger partial charge in [0.15, 0.2) is 5.13 Å². The van der Waals surface area contributed by atoms with Crippen LogP contribution in [0.2, 0.25) is 0 Å². The minimum absolute atomic E-state index is 0.116. The summed E-state index contributed by atoms with van der Waals surface area (Å²) in [5, 5.41) is 15.6. The second kappa shape index (κ2) is 10.7. The Hall–Kier alpha value is -3.23. The van der Waals surface area contributed by atoms with Crippen molar-refractivity contribution in [1.29, 1.82) is 0 Å². The number of nitrogen functional groups attached to an aromatic ring is 1. The Morgan fingerprint density at radius 1 is 1.16 bits per heavy atom. The first-order valence-corrected chi connectivity index (χ1v) is 10.9. The van der Waals surface area contributed by atoms with Gasteiger partial charge in [-0.3, -0.25) is 9.59 Å². The molecule has 0 aliphatic carbocycles. The number of nitrogens with zero attached hydrogens (tertiary/aromatic N) is 2. The molecule has 4 N–H and O–H groups in total. The molecule has 0 radical (unpaired) electrons. The van der Waals surface area contributed by atoms with Crippen molar-refractivity contribution in [3.05, 3.63) is 76.8 Å². The van der Waals surface area contributed by atoms with Crippen molar-refractivity contribution in [1.82, 2.24) is 9.88 Å². The normalized spacial score (nSPS) is 11.7. The van der Waals surface area contributed by atoms with E-state index in [1.165, 1.54) is 18.3 Å². The van der Waals surface area contributed by atoms with Gasteiger partial charge in [-0.1, -0.05) is 42.5 Å². The van der Waals surface area contributed by atoms with Crippen molar-refractivity contribution >= 4 is 34.0 Å². The van der Waals surface area contributed by atoms with E-state index in [4.69, 9.17) is 5.73 Å². The zero-order chi connectivity index (χ0) is 22.2. The van der Waals surface area contributed by atoms with Crippen LogP contribution in [-0.2, 0) is 22.4 Å². The van der Waals surface area contributed by atoms with E-state index in [9.17, 15) is 14.7 Å². The van der Waals surface area contributed by atoms with E-state index >= 15 is 0 Å². The van der Waals surface area contributed by atoms with Crippen LogP contribution in [0.15, 0.2) is 60.0 Å². The molecule has 2 aromatic carbocycles. The largest absolute Gasteiger partial charge is 0.387 e. The van der Waals surface area contributed by atoms with Crippen LogP contribution >= 0.6 is 11.3 Å². The number of thiazole rings is 1.